The summed E-state index contributed by atoms with van der Waals surface area (Å²) < 4.78 is 0. The molecule has 0 spiro atoms. The summed E-state index contributed by atoms with van der Waals surface area (Å²) in [5.41, 5.74) is -0.484. The van der Waals surface area contributed by atoms with E-state index in [9.17, 15) is 5.11 Å². The third-order valence-electron chi connectivity index (χ3n) is 2.80. The number of nitrogens with zero attached hydrogens (tertiary/aromatic N) is 2. The van der Waals surface area contributed by atoms with Crippen LogP contribution in [-0.4, -0.2) is 26.4 Å². The standard InChI is InChI=1S/C11H16N2OS/c14-11(5-2-1-3-6-11)9-15-10-12-7-4-8-13-10/h4,7-8,14H,1-3,5-6,9H2. The number of thioether (sulfide) groups is 1. The Balaban J connectivity index is 1.87. The summed E-state index contributed by atoms with van der Waals surface area (Å²) in [6.45, 7) is 0. The summed E-state index contributed by atoms with van der Waals surface area (Å²) in [6, 6.07) is 1.80. The van der Waals surface area contributed by atoms with Crippen molar-refractivity contribution in [2.45, 2.75) is 42.9 Å². The zero-order valence-electron chi connectivity index (χ0n) is 8.72. The predicted octanol–water partition coefficient (Wildman–Crippen LogP) is 2.26. The van der Waals surface area contributed by atoms with Crippen LogP contribution in [0, 0.1) is 0 Å². The number of hydrogen-bond donors (Lipinski definition) is 1. The van der Waals surface area contributed by atoms with Crippen LogP contribution in [0.15, 0.2) is 23.6 Å². The van der Waals surface area contributed by atoms with Crippen molar-refractivity contribution in [1.82, 2.24) is 9.97 Å². The van der Waals surface area contributed by atoms with Crippen molar-refractivity contribution >= 4 is 11.8 Å². The second-order valence-corrected chi connectivity index (χ2v) is 5.05. The van der Waals surface area contributed by atoms with E-state index in [1.54, 1.807) is 30.2 Å². The lowest BCUT2D eigenvalue weighted by atomic mass is 9.86. The fourth-order valence-electron chi connectivity index (χ4n) is 1.91. The fourth-order valence-corrected chi connectivity index (χ4v) is 2.87. The number of aliphatic hydroxyl groups is 1. The van der Waals surface area contributed by atoms with Crippen LogP contribution < -0.4 is 0 Å². The molecule has 1 aliphatic rings. The minimum absolute atomic E-state index is 0.484. The summed E-state index contributed by atoms with van der Waals surface area (Å²) in [6.07, 6.45) is 8.87. The molecule has 1 N–H and O–H groups in total. The molecule has 1 aromatic heterocycles. The summed E-state index contributed by atoms with van der Waals surface area (Å²) in [5.74, 6) is 0.719. The van der Waals surface area contributed by atoms with Gasteiger partial charge in [-0.2, -0.15) is 0 Å². The van der Waals surface area contributed by atoms with Crippen molar-refractivity contribution in [3.8, 4) is 0 Å². The molecule has 0 aromatic carbocycles. The Morgan fingerprint density at radius 1 is 1.20 bits per heavy atom. The van der Waals surface area contributed by atoms with Gasteiger partial charge in [0, 0.05) is 18.1 Å². The monoisotopic (exact) mass is 224 g/mol. The summed E-state index contributed by atoms with van der Waals surface area (Å²) >= 11 is 1.55. The summed E-state index contributed by atoms with van der Waals surface area (Å²) in [7, 11) is 0. The Kier molecular flexibility index (Phi) is 3.59. The Morgan fingerprint density at radius 3 is 2.53 bits per heavy atom. The Bertz CT molecular complexity index is 299. The van der Waals surface area contributed by atoms with Crippen molar-refractivity contribution in [3.63, 3.8) is 0 Å². The SMILES string of the molecule is OC1(CSc2ncccn2)CCCCC1. The quantitative estimate of drug-likeness (QED) is 0.632. The summed E-state index contributed by atoms with van der Waals surface area (Å²) in [4.78, 5) is 8.27. The second-order valence-electron chi connectivity index (χ2n) is 4.11. The van der Waals surface area contributed by atoms with Gasteiger partial charge in [0.05, 0.1) is 5.60 Å². The molecule has 0 radical (unpaired) electrons. The molecule has 0 unspecified atom stereocenters. The molecule has 1 fully saturated rings. The van der Waals surface area contributed by atoms with E-state index < -0.39 is 5.60 Å². The molecule has 0 atom stereocenters. The van der Waals surface area contributed by atoms with Crippen LogP contribution in [0.5, 0.6) is 0 Å². The lowest BCUT2D eigenvalue weighted by molar-refractivity contribution is 0.0272. The van der Waals surface area contributed by atoms with Crippen LogP contribution in [0.1, 0.15) is 32.1 Å². The van der Waals surface area contributed by atoms with Crippen LogP contribution in [0.3, 0.4) is 0 Å². The van der Waals surface area contributed by atoms with Gasteiger partial charge in [-0.25, -0.2) is 9.97 Å². The topological polar surface area (TPSA) is 46.0 Å². The highest BCUT2D eigenvalue weighted by Gasteiger charge is 2.29. The molecule has 3 nitrogen and oxygen atoms in total. The number of rotatable bonds is 3. The first-order chi connectivity index (χ1) is 7.29. The molecule has 1 saturated carbocycles. The van der Waals surface area contributed by atoms with Crippen molar-refractivity contribution in [1.29, 1.82) is 0 Å². The predicted molar refractivity (Wildman–Crippen MR) is 60.8 cm³/mol. The van der Waals surface area contributed by atoms with Crippen LogP contribution >= 0.6 is 11.8 Å². The normalized spacial score (nSPS) is 20.1. The molecule has 1 aromatic rings. The lowest BCUT2D eigenvalue weighted by Gasteiger charge is -2.31. The molecule has 1 aliphatic carbocycles. The van der Waals surface area contributed by atoms with Crippen molar-refractivity contribution < 1.29 is 5.11 Å². The third kappa shape index (κ3) is 3.18. The van der Waals surface area contributed by atoms with Crippen molar-refractivity contribution in [3.05, 3.63) is 18.5 Å². The van der Waals surface area contributed by atoms with Gasteiger partial charge in [-0.05, 0) is 18.9 Å². The molecule has 15 heavy (non-hydrogen) atoms. The lowest BCUT2D eigenvalue weighted by Crippen LogP contribution is -2.34. The Morgan fingerprint density at radius 2 is 1.87 bits per heavy atom. The number of aromatic nitrogens is 2. The smallest absolute Gasteiger partial charge is 0.187 e. The molecule has 0 bridgehead atoms. The largest absolute Gasteiger partial charge is 0.389 e. The van der Waals surface area contributed by atoms with E-state index in [1.165, 1.54) is 6.42 Å². The van der Waals surface area contributed by atoms with E-state index in [0.717, 1.165) is 36.6 Å². The van der Waals surface area contributed by atoms with Crippen molar-refractivity contribution in [2.24, 2.45) is 0 Å². The van der Waals surface area contributed by atoms with Crippen LogP contribution in [0.4, 0.5) is 0 Å². The molecule has 0 aliphatic heterocycles. The number of hydrogen-bond acceptors (Lipinski definition) is 4. The van der Waals surface area contributed by atoms with Crippen LogP contribution in [0.25, 0.3) is 0 Å². The van der Waals surface area contributed by atoms with Crippen LogP contribution in [-0.2, 0) is 0 Å². The van der Waals surface area contributed by atoms with E-state index >= 15 is 0 Å². The van der Waals surface area contributed by atoms with E-state index in [0.29, 0.717) is 0 Å². The first-order valence-electron chi connectivity index (χ1n) is 5.41. The molecule has 0 saturated heterocycles. The second kappa shape index (κ2) is 4.94. The molecule has 82 valence electrons. The highest BCUT2D eigenvalue weighted by molar-refractivity contribution is 7.99. The van der Waals surface area contributed by atoms with Gasteiger partial charge in [0.2, 0.25) is 0 Å². The summed E-state index contributed by atoms with van der Waals surface area (Å²) in [5, 5.41) is 11.0. The first-order valence-corrected chi connectivity index (χ1v) is 6.39. The molecule has 1 heterocycles. The van der Waals surface area contributed by atoms with E-state index in [2.05, 4.69) is 9.97 Å². The Hall–Kier alpha value is -0.610. The van der Waals surface area contributed by atoms with Gasteiger partial charge in [-0.3, -0.25) is 0 Å². The molecule has 4 heteroatoms. The van der Waals surface area contributed by atoms with E-state index in [1.807, 2.05) is 0 Å². The fraction of sp³-hybridized carbons (Fsp3) is 0.636. The van der Waals surface area contributed by atoms with Crippen LogP contribution in [0.2, 0.25) is 0 Å². The van der Waals surface area contributed by atoms with E-state index in [-0.39, 0.29) is 0 Å². The maximum Gasteiger partial charge on any atom is 0.187 e. The van der Waals surface area contributed by atoms with Gasteiger partial charge < -0.3 is 5.11 Å². The zero-order valence-corrected chi connectivity index (χ0v) is 9.54. The van der Waals surface area contributed by atoms with Gasteiger partial charge >= 0.3 is 0 Å². The average Bonchev–Trinajstić information content (AvgIpc) is 2.29. The average molecular weight is 224 g/mol. The van der Waals surface area contributed by atoms with Gasteiger partial charge in [-0.15, -0.1) is 0 Å². The molecular weight excluding hydrogens is 208 g/mol. The Labute approximate surface area is 94.3 Å². The highest BCUT2D eigenvalue weighted by atomic mass is 32.2. The maximum absolute atomic E-state index is 10.3. The van der Waals surface area contributed by atoms with Gasteiger partial charge in [-0.1, -0.05) is 31.0 Å². The maximum atomic E-state index is 10.3. The zero-order chi connectivity index (χ0) is 10.6. The molecule has 2 rings (SSSR count). The highest BCUT2D eigenvalue weighted by Crippen LogP contribution is 2.32. The first kappa shape index (κ1) is 10.9. The molecule has 0 amide bonds. The minimum atomic E-state index is -0.484. The third-order valence-corrected chi connectivity index (χ3v) is 3.95. The van der Waals surface area contributed by atoms with E-state index in [4.69, 9.17) is 0 Å². The van der Waals surface area contributed by atoms with Gasteiger partial charge in [0.15, 0.2) is 5.16 Å². The minimum Gasteiger partial charge on any atom is -0.389 e. The van der Waals surface area contributed by atoms with Gasteiger partial charge in [0.1, 0.15) is 0 Å². The van der Waals surface area contributed by atoms with Crippen molar-refractivity contribution in [2.75, 3.05) is 5.75 Å². The van der Waals surface area contributed by atoms with Gasteiger partial charge in [0.25, 0.3) is 0 Å². The molecular formula is C11H16N2OS.